The van der Waals surface area contributed by atoms with E-state index in [1.807, 2.05) is 11.9 Å². The van der Waals surface area contributed by atoms with Gasteiger partial charge in [-0.15, -0.1) is 0 Å². The van der Waals surface area contributed by atoms with Crippen LogP contribution in [0, 0.1) is 11.8 Å². The van der Waals surface area contributed by atoms with Crippen LogP contribution in [0.2, 0.25) is 0 Å². The van der Waals surface area contributed by atoms with Crippen molar-refractivity contribution in [3.05, 3.63) is 47.9 Å². The predicted molar refractivity (Wildman–Crippen MR) is 141 cm³/mol. The minimum atomic E-state index is -4.44. The monoisotopic (exact) mass is 567 g/mol. The average molecular weight is 568 g/mol. The van der Waals surface area contributed by atoms with Gasteiger partial charge in [-0.3, -0.25) is 0 Å². The molecule has 1 saturated heterocycles. The van der Waals surface area contributed by atoms with Crippen molar-refractivity contribution in [1.29, 1.82) is 0 Å². The highest BCUT2D eigenvalue weighted by atomic mass is 32.2. The molecule has 0 spiro atoms. The molecule has 0 radical (unpaired) electrons. The second kappa shape index (κ2) is 11.3. The van der Waals surface area contributed by atoms with Gasteiger partial charge in [-0.25, -0.2) is 17.8 Å². The van der Waals surface area contributed by atoms with Crippen LogP contribution in [0.1, 0.15) is 17.7 Å². The molecule has 13 heteroatoms. The third-order valence-corrected chi connectivity index (χ3v) is 7.46. The number of aromatic nitrogens is 2. The average Bonchev–Trinajstić information content (AvgIpc) is 3.24. The SMILES string of the molecule is COc1ccc(S(C)(=O)=O)cc1NCC#Cc1cc(N[C@@H]2CCN(C)C[C@@H]2F)c2ncc(CC(F)(F)F)n2c1. The fraction of sp³-hybridized carbons (Fsp3) is 0.423. The van der Waals surface area contributed by atoms with Crippen molar-refractivity contribution in [3.8, 4) is 17.6 Å². The molecule has 2 N–H and O–H groups in total. The molecule has 3 heterocycles. The molecule has 4 rings (SSSR count). The zero-order chi connectivity index (χ0) is 28.4. The second-order valence-electron chi connectivity index (χ2n) is 9.48. The molecule has 210 valence electrons. The first-order chi connectivity index (χ1) is 18.3. The number of hydrogen-bond acceptors (Lipinski definition) is 7. The van der Waals surface area contributed by atoms with Gasteiger partial charge in [-0.05, 0) is 37.7 Å². The molecular formula is C26H29F4N5O3S. The van der Waals surface area contributed by atoms with Crippen LogP contribution in [0.5, 0.6) is 5.75 Å². The topological polar surface area (TPSA) is 88.0 Å². The van der Waals surface area contributed by atoms with Gasteiger partial charge in [0.15, 0.2) is 15.5 Å². The zero-order valence-electron chi connectivity index (χ0n) is 21.6. The van der Waals surface area contributed by atoms with E-state index in [1.165, 1.54) is 35.9 Å². The first kappa shape index (κ1) is 28.5. The van der Waals surface area contributed by atoms with Crippen molar-refractivity contribution in [3.63, 3.8) is 0 Å². The van der Waals surface area contributed by atoms with Gasteiger partial charge in [0.25, 0.3) is 0 Å². The summed E-state index contributed by atoms with van der Waals surface area (Å²) in [6, 6.07) is 5.52. The van der Waals surface area contributed by atoms with Crippen LogP contribution in [0.3, 0.4) is 0 Å². The Morgan fingerprint density at radius 3 is 2.67 bits per heavy atom. The lowest BCUT2D eigenvalue weighted by molar-refractivity contribution is -0.127. The van der Waals surface area contributed by atoms with E-state index in [4.69, 9.17) is 4.74 Å². The molecule has 0 aliphatic carbocycles. The summed E-state index contributed by atoms with van der Waals surface area (Å²) < 4.78 is 84.7. The van der Waals surface area contributed by atoms with Crippen LogP contribution < -0.4 is 15.4 Å². The molecule has 0 amide bonds. The number of nitrogens with zero attached hydrogens (tertiary/aromatic N) is 3. The maximum Gasteiger partial charge on any atom is 0.394 e. The van der Waals surface area contributed by atoms with Gasteiger partial charge in [0, 0.05) is 37.3 Å². The molecule has 1 aliphatic heterocycles. The van der Waals surface area contributed by atoms with Gasteiger partial charge in [-0.2, -0.15) is 13.2 Å². The summed E-state index contributed by atoms with van der Waals surface area (Å²) in [5.74, 6) is 6.24. The summed E-state index contributed by atoms with van der Waals surface area (Å²) in [5, 5.41) is 6.15. The van der Waals surface area contributed by atoms with E-state index in [9.17, 15) is 26.0 Å². The van der Waals surface area contributed by atoms with Crippen molar-refractivity contribution in [1.82, 2.24) is 14.3 Å². The highest BCUT2D eigenvalue weighted by molar-refractivity contribution is 7.90. The Balaban J connectivity index is 1.62. The first-order valence-electron chi connectivity index (χ1n) is 12.1. The molecule has 1 aromatic carbocycles. The smallest absolute Gasteiger partial charge is 0.394 e. The number of anilines is 2. The first-order valence-corrected chi connectivity index (χ1v) is 14.0. The molecule has 1 fully saturated rings. The van der Waals surface area contributed by atoms with Crippen LogP contribution in [-0.4, -0.2) is 81.1 Å². The Bertz CT molecular complexity index is 1510. The summed E-state index contributed by atoms with van der Waals surface area (Å²) >= 11 is 0. The number of methoxy groups -OCH3 is 1. The van der Waals surface area contributed by atoms with Crippen molar-refractivity contribution in [2.75, 3.05) is 50.7 Å². The second-order valence-corrected chi connectivity index (χ2v) is 11.5. The number of pyridine rings is 1. The number of benzene rings is 1. The van der Waals surface area contributed by atoms with Crippen molar-refractivity contribution in [2.24, 2.45) is 0 Å². The molecular weight excluding hydrogens is 538 g/mol. The number of nitrogens with one attached hydrogen (secondary N) is 2. The number of piperidine rings is 1. The molecule has 8 nitrogen and oxygen atoms in total. The fourth-order valence-electron chi connectivity index (χ4n) is 4.41. The lowest BCUT2D eigenvalue weighted by atomic mass is 10.0. The third-order valence-electron chi connectivity index (χ3n) is 6.35. The van der Waals surface area contributed by atoms with Gasteiger partial charge >= 0.3 is 6.18 Å². The Kier molecular flexibility index (Phi) is 8.27. The number of alkyl halides is 4. The number of hydrogen-bond donors (Lipinski definition) is 2. The van der Waals surface area contributed by atoms with Crippen molar-refractivity contribution >= 4 is 26.9 Å². The fourth-order valence-corrected chi connectivity index (χ4v) is 5.05. The molecule has 0 bridgehead atoms. The van der Waals surface area contributed by atoms with Crippen LogP contribution in [0.25, 0.3) is 5.65 Å². The van der Waals surface area contributed by atoms with E-state index in [-0.39, 0.29) is 29.3 Å². The van der Waals surface area contributed by atoms with E-state index >= 15 is 0 Å². The predicted octanol–water partition coefficient (Wildman–Crippen LogP) is 3.77. The third kappa shape index (κ3) is 7.13. The number of rotatable bonds is 7. The van der Waals surface area contributed by atoms with Gasteiger partial charge in [0.1, 0.15) is 11.9 Å². The number of halogens is 4. The summed E-state index contributed by atoms with van der Waals surface area (Å²) in [6.07, 6.45) is -2.53. The van der Waals surface area contributed by atoms with E-state index in [2.05, 4.69) is 27.5 Å². The summed E-state index contributed by atoms with van der Waals surface area (Å²) in [6.45, 7) is 1.01. The molecule has 3 aromatic rings. The quantitative estimate of drug-likeness (QED) is 0.332. The van der Waals surface area contributed by atoms with Gasteiger partial charge in [-0.1, -0.05) is 11.8 Å². The normalized spacial score (nSPS) is 18.4. The zero-order valence-corrected chi connectivity index (χ0v) is 22.5. The highest BCUT2D eigenvalue weighted by Crippen LogP contribution is 2.28. The molecule has 2 aromatic heterocycles. The lowest BCUT2D eigenvalue weighted by Gasteiger charge is -2.33. The van der Waals surface area contributed by atoms with E-state index in [0.29, 0.717) is 35.7 Å². The molecule has 1 aliphatic rings. The van der Waals surface area contributed by atoms with Crippen LogP contribution in [0.15, 0.2) is 41.6 Å². The number of sulfone groups is 1. The molecule has 39 heavy (non-hydrogen) atoms. The van der Waals surface area contributed by atoms with Gasteiger partial charge in [0.2, 0.25) is 0 Å². The minimum absolute atomic E-state index is 0.0650. The van der Waals surface area contributed by atoms with Gasteiger partial charge < -0.3 is 24.7 Å². The number of ether oxygens (including phenoxy) is 1. The van der Waals surface area contributed by atoms with E-state index in [0.717, 1.165) is 12.5 Å². The number of likely N-dealkylation sites (tertiary alicyclic amines) is 1. The Morgan fingerprint density at radius 2 is 2.00 bits per heavy atom. The summed E-state index contributed by atoms with van der Waals surface area (Å²) in [5.41, 5.74) is 1.40. The maximum atomic E-state index is 14.7. The maximum absolute atomic E-state index is 14.7. The largest absolute Gasteiger partial charge is 0.495 e. The molecule has 2 atom stereocenters. The van der Waals surface area contributed by atoms with Crippen LogP contribution in [-0.2, 0) is 16.3 Å². The van der Waals surface area contributed by atoms with Crippen LogP contribution in [0.4, 0.5) is 28.9 Å². The van der Waals surface area contributed by atoms with E-state index < -0.39 is 34.6 Å². The number of imidazole rings is 1. The number of fused-ring (bicyclic) bond motifs is 1. The Morgan fingerprint density at radius 1 is 1.23 bits per heavy atom. The van der Waals surface area contributed by atoms with Crippen molar-refractivity contribution in [2.45, 2.75) is 36.1 Å². The van der Waals surface area contributed by atoms with Gasteiger partial charge in [0.05, 0.1) is 48.1 Å². The lowest BCUT2D eigenvalue weighted by Crippen LogP contribution is -2.46. The van der Waals surface area contributed by atoms with E-state index in [1.54, 1.807) is 6.07 Å². The minimum Gasteiger partial charge on any atom is -0.495 e. The summed E-state index contributed by atoms with van der Waals surface area (Å²) in [7, 11) is -0.157. The summed E-state index contributed by atoms with van der Waals surface area (Å²) in [4.78, 5) is 6.17. The van der Waals surface area contributed by atoms with Crippen LogP contribution >= 0.6 is 0 Å². The Hall–Kier alpha value is -3.50. The highest BCUT2D eigenvalue weighted by Gasteiger charge is 2.31. The van der Waals surface area contributed by atoms with Crippen molar-refractivity contribution < 1.29 is 30.7 Å². The standard InChI is InChI=1S/C26H29F4N5O3S/c1-34-10-8-21(20(27)16-34)33-23-11-17(15-35-18(13-26(28,29)30)14-32-25(23)35)5-4-9-31-22-12-19(39(3,36)37)6-7-24(22)38-2/h6-7,11-12,14-15,20-21,31,33H,8-10,13,16H2,1-3H3/t20-,21+/m0/s1. The molecule has 0 unspecified atom stereocenters. The molecule has 0 saturated carbocycles. The Labute approximate surface area is 224 Å².